The maximum absolute atomic E-state index is 4.69. The van der Waals surface area contributed by atoms with Gasteiger partial charge in [0.25, 0.3) is 0 Å². The molecule has 4 aromatic carbocycles. The molecule has 0 saturated carbocycles. The average Bonchev–Trinajstić information content (AvgIpc) is 2.98. The third kappa shape index (κ3) is 4.57. The number of benzene rings is 4. The second-order valence-electron chi connectivity index (χ2n) is 8.76. The minimum atomic E-state index is 0.961. The van der Waals surface area contributed by atoms with E-state index in [0.717, 1.165) is 39.2 Å². The molecule has 0 amide bonds. The van der Waals surface area contributed by atoms with E-state index in [0.29, 0.717) is 0 Å². The Bertz CT molecular complexity index is 1550. The van der Waals surface area contributed by atoms with Crippen LogP contribution in [0, 0.1) is 0 Å². The summed E-state index contributed by atoms with van der Waals surface area (Å²) in [7, 11) is 0. The van der Waals surface area contributed by atoms with Crippen LogP contribution in [0.25, 0.3) is 55.9 Å². The normalized spacial score (nSPS) is 10.8. The topological polar surface area (TPSA) is 25.8 Å². The van der Waals surface area contributed by atoms with E-state index < -0.39 is 0 Å². The molecule has 36 heavy (non-hydrogen) atoms. The smallest absolute Gasteiger partial charge is 0.0708 e. The van der Waals surface area contributed by atoms with Crippen LogP contribution < -0.4 is 0 Å². The van der Waals surface area contributed by atoms with Crippen LogP contribution in [0.15, 0.2) is 146 Å². The van der Waals surface area contributed by atoms with Gasteiger partial charge >= 0.3 is 0 Å². The fraction of sp³-hybridized carbons (Fsp3) is 0. The molecule has 0 radical (unpaired) electrons. The van der Waals surface area contributed by atoms with Crippen LogP contribution in [-0.2, 0) is 0 Å². The van der Waals surface area contributed by atoms with Gasteiger partial charge in [0.1, 0.15) is 0 Å². The highest BCUT2D eigenvalue weighted by Crippen LogP contribution is 2.34. The number of nitrogens with zero attached hydrogens (tertiary/aromatic N) is 2. The minimum Gasteiger partial charge on any atom is -0.256 e. The summed E-state index contributed by atoms with van der Waals surface area (Å²) in [6.45, 7) is 0. The zero-order valence-electron chi connectivity index (χ0n) is 19.8. The van der Waals surface area contributed by atoms with Crippen molar-refractivity contribution in [3.05, 3.63) is 146 Å². The molecule has 0 N–H and O–H groups in total. The fourth-order valence-corrected chi connectivity index (χ4v) is 4.53. The van der Waals surface area contributed by atoms with E-state index >= 15 is 0 Å². The first-order valence-electron chi connectivity index (χ1n) is 12.1. The molecule has 6 rings (SSSR count). The highest BCUT2D eigenvalue weighted by molar-refractivity contribution is 5.82. The Hall–Kier alpha value is -4.82. The Kier molecular flexibility index (Phi) is 5.91. The van der Waals surface area contributed by atoms with Crippen LogP contribution in [0.1, 0.15) is 0 Å². The van der Waals surface area contributed by atoms with Gasteiger partial charge in [-0.25, -0.2) is 0 Å². The average molecular weight is 461 g/mol. The van der Waals surface area contributed by atoms with Crippen LogP contribution in [0.5, 0.6) is 0 Å². The predicted molar refractivity (Wildman–Crippen MR) is 149 cm³/mol. The first-order valence-corrected chi connectivity index (χ1v) is 12.1. The van der Waals surface area contributed by atoms with Crippen LogP contribution in [-0.4, -0.2) is 9.97 Å². The Balaban J connectivity index is 1.45. The van der Waals surface area contributed by atoms with Gasteiger partial charge in [-0.1, -0.05) is 84.9 Å². The van der Waals surface area contributed by atoms with Crippen LogP contribution >= 0.6 is 0 Å². The zero-order valence-corrected chi connectivity index (χ0v) is 19.8. The lowest BCUT2D eigenvalue weighted by molar-refractivity contribution is 1.32. The molecule has 0 atom stereocenters. The summed E-state index contributed by atoms with van der Waals surface area (Å²) in [4.78, 5) is 9.30. The van der Waals surface area contributed by atoms with Crippen molar-refractivity contribution in [2.24, 2.45) is 0 Å². The van der Waals surface area contributed by atoms with Crippen LogP contribution in [0.3, 0.4) is 0 Å². The molecule has 0 fully saturated rings. The molecule has 0 unspecified atom stereocenters. The first kappa shape index (κ1) is 21.7. The molecule has 0 aliphatic carbocycles. The summed E-state index contributed by atoms with van der Waals surface area (Å²) < 4.78 is 0. The van der Waals surface area contributed by atoms with Crippen molar-refractivity contribution in [2.45, 2.75) is 0 Å². The first-order chi connectivity index (χ1) is 17.8. The van der Waals surface area contributed by atoms with E-state index in [-0.39, 0.29) is 0 Å². The Morgan fingerprint density at radius 1 is 0.278 bits per heavy atom. The van der Waals surface area contributed by atoms with Crippen LogP contribution in [0.4, 0.5) is 0 Å². The fourth-order valence-electron chi connectivity index (χ4n) is 4.53. The summed E-state index contributed by atoms with van der Waals surface area (Å²) in [5.74, 6) is 0. The van der Waals surface area contributed by atoms with Gasteiger partial charge in [-0.05, 0) is 81.9 Å². The maximum atomic E-state index is 4.69. The lowest BCUT2D eigenvalue weighted by atomic mass is 9.93. The molecule has 0 saturated heterocycles. The summed E-state index contributed by atoms with van der Waals surface area (Å²) in [5, 5.41) is 0. The third-order valence-electron chi connectivity index (χ3n) is 6.36. The lowest BCUT2D eigenvalue weighted by Crippen LogP contribution is -1.89. The van der Waals surface area contributed by atoms with Gasteiger partial charge in [0.2, 0.25) is 0 Å². The van der Waals surface area contributed by atoms with Crippen LogP contribution in [0.2, 0.25) is 0 Å². The molecule has 0 bridgehead atoms. The Labute approximate surface area is 211 Å². The summed E-state index contributed by atoms with van der Waals surface area (Å²) >= 11 is 0. The second-order valence-corrected chi connectivity index (χ2v) is 8.76. The number of hydrogen-bond acceptors (Lipinski definition) is 2. The van der Waals surface area contributed by atoms with Gasteiger partial charge in [-0.3, -0.25) is 9.97 Å². The van der Waals surface area contributed by atoms with Gasteiger partial charge < -0.3 is 0 Å². The Morgan fingerprint density at radius 2 is 0.806 bits per heavy atom. The van der Waals surface area contributed by atoms with E-state index in [1.54, 1.807) is 0 Å². The van der Waals surface area contributed by atoms with Crippen molar-refractivity contribution < 1.29 is 0 Å². The molecule has 2 nitrogen and oxygen atoms in total. The van der Waals surface area contributed by atoms with Gasteiger partial charge in [-0.15, -0.1) is 0 Å². The van der Waals surface area contributed by atoms with E-state index in [1.165, 1.54) is 16.7 Å². The number of rotatable bonds is 5. The van der Waals surface area contributed by atoms with Gasteiger partial charge in [0.15, 0.2) is 0 Å². The maximum Gasteiger partial charge on any atom is 0.0708 e. The number of hydrogen-bond donors (Lipinski definition) is 0. The van der Waals surface area contributed by atoms with Crippen molar-refractivity contribution in [3.63, 3.8) is 0 Å². The van der Waals surface area contributed by atoms with Crippen molar-refractivity contribution >= 4 is 0 Å². The number of aromatic nitrogens is 2. The molecule has 2 heteroatoms. The SMILES string of the molecule is c1ccc(-c2cc(-c3cccc(-c4cc(-c5ccccc5)ccn4)c3)cc(-c3ccccn3)c2)cc1. The second kappa shape index (κ2) is 9.81. The third-order valence-corrected chi connectivity index (χ3v) is 6.36. The number of pyridine rings is 2. The molecule has 170 valence electrons. The summed E-state index contributed by atoms with van der Waals surface area (Å²) in [6.07, 6.45) is 3.73. The van der Waals surface area contributed by atoms with Gasteiger partial charge in [0, 0.05) is 23.5 Å². The van der Waals surface area contributed by atoms with Gasteiger partial charge in [-0.2, -0.15) is 0 Å². The quantitative estimate of drug-likeness (QED) is 0.257. The Morgan fingerprint density at radius 3 is 1.53 bits per heavy atom. The van der Waals surface area contributed by atoms with Gasteiger partial charge in [0.05, 0.1) is 11.4 Å². The molecule has 0 aliphatic rings. The van der Waals surface area contributed by atoms with E-state index in [4.69, 9.17) is 4.98 Å². The van der Waals surface area contributed by atoms with E-state index in [1.807, 2.05) is 36.7 Å². The van der Waals surface area contributed by atoms with Crippen molar-refractivity contribution in [2.75, 3.05) is 0 Å². The highest BCUT2D eigenvalue weighted by Gasteiger charge is 2.10. The molecular weight excluding hydrogens is 436 g/mol. The predicted octanol–water partition coefficient (Wildman–Crippen LogP) is 8.81. The lowest BCUT2D eigenvalue weighted by Gasteiger charge is -2.12. The molecular formula is C34H24N2. The molecule has 0 aliphatic heterocycles. The van der Waals surface area contributed by atoms with Crippen molar-refractivity contribution in [1.82, 2.24) is 9.97 Å². The van der Waals surface area contributed by atoms with E-state index in [2.05, 4.69) is 114 Å². The molecule has 2 aromatic heterocycles. The summed E-state index contributed by atoms with van der Waals surface area (Å²) in [5.41, 5.74) is 11.1. The molecule has 6 aromatic rings. The molecule has 2 heterocycles. The summed E-state index contributed by atoms with van der Waals surface area (Å²) in [6, 6.07) is 46.5. The van der Waals surface area contributed by atoms with Crippen molar-refractivity contribution in [3.8, 4) is 55.9 Å². The van der Waals surface area contributed by atoms with E-state index in [9.17, 15) is 0 Å². The largest absolute Gasteiger partial charge is 0.256 e. The monoisotopic (exact) mass is 460 g/mol. The zero-order chi connectivity index (χ0) is 24.2. The molecule has 0 spiro atoms. The van der Waals surface area contributed by atoms with Crippen molar-refractivity contribution in [1.29, 1.82) is 0 Å². The highest BCUT2D eigenvalue weighted by atomic mass is 14.7. The standard InChI is InChI=1S/C34H24N2/c1-3-10-25(11-4-1)28-17-19-36-34(24-28)29-15-9-14-27(20-29)31-21-30(26-12-5-2-6-13-26)22-32(23-31)33-16-7-8-18-35-33/h1-24H. The minimum absolute atomic E-state index is 0.961.